The largest absolute Gasteiger partial charge is 0.313 e. The standard InChI is InChI=1S/C26H25N/c1-18-11-13-20(14-12-18)21-15-16-24-23(17-21)26-19(2)7-6-10-25(26)27(24)22-8-4-3-5-9-22/h3-4,6,8,10-17,19H,5,7,9H2,1-2H3. The number of fused-ring (bicyclic) bond motifs is 3. The molecule has 2 aliphatic rings. The average molecular weight is 351 g/mol. The third-order valence-electron chi connectivity index (χ3n) is 5.97. The van der Waals surface area contributed by atoms with Crippen LogP contribution in [-0.4, -0.2) is 4.57 Å². The Kier molecular flexibility index (Phi) is 3.89. The third kappa shape index (κ3) is 2.70. The molecule has 0 fully saturated rings. The molecular weight excluding hydrogens is 326 g/mol. The van der Waals surface area contributed by atoms with Crippen LogP contribution in [0.15, 0.2) is 66.8 Å². The van der Waals surface area contributed by atoms with E-state index in [2.05, 4.69) is 91.3 Å². The predicted molar refractivity (Wildman–Crippen MR) is 117 cm³/mol. The zero-order chi connectivity index (χ0) is 18.4. The highest BCUT2D eigenvalue weighted by molar-refractivity contribution is 5.95. The number of nitrogens with zero attached hydrogens (tertiary/aromatic N) is 1. The lowest BCUT2D eigenvalue weighted by Gasteiger charge is -2.19. The monoisotopic (exact) mass is 351 g/mol. The normalized spacial score (nSPS) is 18.6. The SMILES string of the molecule is Cc1ccc(-c2ccc3c(c2)c2c(n3C3=CC=CCC3)C=CCC2C)cc1. The van der Waals surface area contributed by atoms with Crippen LogP contribution in [0.3, 0.4) is 0 Å². The van der Waals surface area contributed by atoms with Gasteiger partial charge in [-0.1, -0.05) is 61.0 Å². The first kappa shape index (κ1) is 16.4. The fourth-order valence-electron chi connectivity index (χ4n) is 4.53. The highest BCUT2D eigenvalue weighted by Gasteiger charge is 2.24. The molecule has 0 bridgehead atoms. The van der Waals surface area contributed by atoms with E-state index in [1.54, 1.807) is 0 Å². The van der Waals surface area contributed by atoms with E-state index in [-0.39, 0.29) is 0 Å². The van der Waals surface area contributed by atoms with E-state index in [4.69, 9.17) is 0 Å². The van der Waals surface area contributed by atoms with Crippen molar-refractivity contribution in [2.45, 2.75) is 39.0 Å². The van der Waals surface area contributed by atoms with Gasteiger partial charge in [0.2, 0.25) is 0 Å². The Balaban J connectivity index is 1.77. The summed E-state index contributed by atoms with van der Waals surface area (Å²) in [5.74, 6) is 0.557. The van der Waals surface area contributed by atoms with Crippen LogP contribution in [0.2, 0.25) is 0 Å². The molecule has 5 rings (SSSR count). The number of aromatic nitrogens is 1. The molecule has 3 aromatic rings. The number of benzene rings is 2. The first-order chi connectivity index (χ1) is 13.2. The molecule has 1 heterocycles. The first-order valence-corrected chi connectivity index (χ1v) is 10.0. The molecule has 1 heteroatoms. The van der Waals surface area contributed by atoms with E-state index in [1.165, 1.54) is 44.5 Å². The van der Waals surface area contributed by atoms with Gasteiger partial charge in [0, 0.05) is 16.8 Å². The van der Waals surface area contributed by atoms with Crippen LogP contribution >= 0.6 is 0 Å². The van der Waals surface area contributed by atoms with Gasteiger partial charge in [0.25, 0.3) is 0 Å². The fourth-order valence-corrected chi connectivity index (χ4v) is 4.53. The number of allylic oxidation sites excluding steroid dienone is 5. The second-order valence-corrected chi connectivity index (χ2v) is 7.90. The lowest BCUT2D eigenvalue weighted by Crippen LogP contribution is -2.05. The zero-order valence-corrected chi connectivity index (χ0v) is 16.1. The zero-order valence-electron chi connectivity index (χ0n) is 16.1. The van der Waals surface area contributed by atoms with Crippen molar-refractivity contribution in [2.24, 2.45) is 0 Å². The molecule has 2 aromatic carbocycles. The highest BCUT2D eigenvalue weighted by Crippen LogP contribution is 2.41. The van der Waals surface area contributed by atoms with Crippen molar-refractivity contribution in [3.63, 3.8) is 0 Å². The van der Waals surface area contributed by atoms with E-state index < -0.39 is 0 Å². The molecule has 0 saturated heterocycles. The van der Waals surface area contributed by atoms with Crippen LogP contribution < -0.4 is 0 Å². The molecule has 1 nitrogen and oxygen atoms in total. The Morgan fingerprint density at radius 1 is 0.963 bits per heavy atom. The third-order valence-corrected chi connectivity index (χ3v) is 5.97. The molecule has 134 valence electrons. The predicted octanol–water partition coefficient (Wildman–Crippen LogP) is 7.33. The molecule has 0 saturated carbocycles. The minimum absolute atomic E-state index is 0.557. The molecule has 0 radical (unpaired) electrons. The summed E-state index contributed by atoms with van der Waals surface area (Å²) in [5, 5.41) is 1.41. The van der Waals surface area contributed by atoms with Crippen LogP contribution in [0.1, 0.15) is 48.9 Å². The van der Waals surface area contributed by atoms with Crippen LogP contribution in [0.5, 0.6) is 0 Å². The Bertz CT molecular complexity index is 1100. The van der Waals surface area contributed by atoms with Crippen molar-refractivity contribution in [3.8, 4) is 11.1 Å². The molecule has 1 aromatic heterocycles. The summed E-state index contributed by atoms with van der Waals surface area (Å²) in [4.78, 5) is 0. The van der Waals surface area contributed by atoms with E-state index in [9.17, 15) is 0 Å². The van der Waals surface area contributed by atoms with Gasteiger partial charge in [0.05, 0.1) is 5.52 Å². The van der Waals surface area contributed by atoms with Crippen molar-refractivity contribution >= 4 is 22.7 Å². The van der Waals surface area contributed by atoms with E-state index in [1.807, 2.05) is 0 Å². The van der Waals surface area contributed by atoms with Gasteiger partial charge < -0.3 is 4.57 Å². The highest BCUT2D eigenvalue weighted by atomic mass is 15.0. The van der Waals surface area contributed by atoms with Gasteiger partial charge >= 0.3 is 0 Å². The topological polar surface area (TPSA) is 4.93 Å². The van der Waals surface area contributed by atoms with E-state index >= 15 is 0 Å². The Labute approximate surface area is 161 Å². The first-order valence-electron chi connectivity index (χ1n) is 10.0. The molecule has 27 heavy (non-hydrogen) atoms. The lowest BCUT2D eigenvalue weighted by molar-refractivity contribution is 0.772. The van der Waals surface area contributed by atoms with Crippen LogP contribution in [0.4, 0.5) is 0 Å². The van der Waals surface area contributed by atoms with Gasteiger partial charge in [-0.15, -0.1) is 0 Å². The molecule has 2 aliphatic carbocycles. The average Bonchev–Trinajstić information content (AvgIpc) is 3.04. The van der Waals surface area contributed by atoms with Crippen molar-refractivity contribution in [2.75, 3.05) is 0 Å². The van der Waals surface area contributed by atoms with Gasteiger partial charge in [-0.3, -0.25) is 0 Å². The van der Waals surface area contributed by atoms with Gasteiger partial charge in [-0.2, -0.15) is 0 Å². The van der Waals surface area contributed by atoms with Gasteiger partial charge in [0.15, 0.2) is 0 Å². The maximum Gasteiger partial charge on any atom is 0.0534 e. The lowest BCUT2D eigenvalue weighted by atomic mass is 9.90. The Morgan fingerprint density at radius 2 is 1.78 bits per heavy atom. The molecule has 1 unspecified atom stereocenters. The number of hydrogen-bond acceptors (Lipinski definition) is 0. The maximum atomic E-state index is 2.50. The van der Waals surface area contributed by atoms with Crippen LogP contribution in [-0.2, 0) is 0 Å². The molecule has 0 N–H and O–H groups in total. The maximum absolute atomic E-state index is 2.50. The van der Waals surface area contributed by atoms with Gasteiger partial charge in [-0.05, 0) is 73.1 Å². The van der Waals surface area contributed by atoms with Gasteiger partial charge in [-0.25, -0.2) is 0 Å². The van der Waals surface area contributed by atoms with Crippen molar-refractivity contribution < 1.29 is 0 Å². The Hall–Kier alpha value is -2.80. The van der Waals surface area contributed by atoms with Gasteiger partial charge in [0.1, 0.15) is 0 Å². The summed E-state index contributed by atoms with van der Waals surface area (Å²) in [6, 6.07) is 15.9. The minimum Gasteiger partial charge on any atom is -0.313 e. The molecule has 0 aliphatic heterocycles. The molecule has 1 atom stereocenters. The second-order valence-electron chi connectivity index (χ2n) is 7.90. The van der Waals surface area contributed by atoms with Crippen LogP contribution in [0.25, 0.3) is 33.8 Å². The minimum atomic E-state index is 0.557. The second kappa shape index (κ2) is 6.42. The van der Waals surface area contributed by atoms with Crippen molar-refractivity contribution in [1.82, 2.24) is 4.57 Å². The van der Waals surface area contributed by atoms with E-state index in [0.717, 1.165) is 19.3 Å². The molecule has 0 spiro atoms. The number of hydrogen-bond donors (Lipinski definition) is 0. The molecule has 0 amide bonds. The summed E-state index contributed by atoms with van der Waals surface area (Å²) in [5.41, 5.74) is 9.55. The van der Waals surface area contributed by atoms with Crippen molar-refractivity contribution in [3.05, 3.63) is 83.6 Å². The summed E-state index contributed by atoms with van der Waals surface area (Å²) >= 11 is 0. The molecular formula is C26H25N. The summed E-state index contributed by atoms with van der Waals surface area (Å²) in [7, 11) is 0. The summed E-state index contributed by atoms with van der Waals surface area (Å²) in [6.07, 6.45) is 14.8. The van der Waals surface area contributed by atoms with Crippen molar-refractivity contribution in [1.29, 1.82) is 0 Å². The smallest absolute Gasteiger partial charge is 0.0534 e. The van der Waals surface area contributed by atoms with E-state index in [0.29, 0.717) is 5.92 Å². The fraction of sp³-hybridized carbons (Fsp3) is 0.231. The Morgan fingerprint density at radius 3 is 2.56 bits per heavy atom. The van der Waals surface area contributed by atoms with Crippen LogP contribution in [0, 0.1) is 6.92 Å². The quantitative estimate of drug-likeness (QED) is 0.455. The summed E-state index contributed by atoms with van der Waals surface area (Å²) < 4.78 is 2.50. The number of aryl methyl sites for hydroxylation is 1. The summed E-state index contributed by atoms with van der Waals surface area (Å²) in [6.45, 7) is 4.50. The number of rotatable bonds is 2.